The maximum Gasteiger partial charge on any atom is 0.325 e. The quantitative estimate of drug-likeness (QED) is 0.667. The molecule has 0 aromatic carbocycles. The molecule has 1 rings (SSSR count). The molecule has 0 amide bonds. The highest BCUT2D eigenvalue weighted by molar-refractivity contribution is 7.87. The van der Waals surface area contributed by atoms with Gasteiger partial charge in [-0.25, -0.2) is 0 Å². The van der Waals surface area contributed by atoms with Gasteiger partial charge >= 0.3 is 10.2 Å². The first kappa shape index (κ1) is 9.01. The predicted molar refractivity (Wildman–Crippen MR) is 41.9 cm³/mol. The maximum atomic E-state index is 11.3. The van der Waals surface area contributed by atoms with Crippen LogP contribution in [0.4, 0.5) is 0 Å². The fourth-order valence-electron chi connectivity index (χ4n) is 0.616. The minimum Gasteiger partial charge on any atom is -0.493 e. The van der Waals surface area contributed by atoms with Crippen LogP contribution in [0.5, 0.6) is 5.88 Å². The van der Waals surface area contributed by atoms with Crippen LogP contribution in [0.25, 0.3) is 0 Å². The molecule has 0 radical (unpaired) electrons. The molecule has 68 valence electrons. The van der Waals surface area contributed by atoms with E-state index in [1.807, 2.05) is 0 Å². The number of aromatic nitrogens is 2. The summed E-state index contributed by atoms with van der Waals surface area (Å²) in [6.45, 7) is 0. The van der Waals surface area contributed by atoms with Crippen LogP contribution < -0.4 is 0 Å². The molecule has 1 aromatic rings. The highest BCUT2D eigenvalue weighted by Crippen LogP contribution is 2.10. The van der Waals surface area contributed by atoms with Gasteiger partial charge in [-0.15, -0.1) is 4.09 Å². The summed E-state index contributed by atoms with van der Waals surface area (Å²) in [7, 11) is -0.960. The van der Waals surface area contributed by atoms with Gasteiger partial charge < -0.3 is 5.11 Å². The Morgan fingerprint density at radius 3 is 2.50 bits per heavy atom. The van der Waals surface area contributed by atoms with E-state index in [1.165, 1.54) is 26.4 Å². The van der Waals surface area contributed by atoms with Gasteiger partial charge in [0, 0.05) is 20.2 Å². The molecule has 0 saturated heterocycles. The van der Waals surface area contributed by atoms with Crippen molar-refractivity contribution < 1.29 is 13.5 Å². The van der Waals surface area contributed by atoms with Crippen molar-refractivity contribution in [1.82, 2.24) is 13.5 Å². The molecule has 1 heterocycles. The van der Waals surface area contributed by atoms with E-state index in [4.69, 9.17) is 5.11 Å². The Labute approximate surface area is 70.2 Å². The number of aromatic hydroxyl groups is 1. The van der Waals surface area contributed by atoms with Crippen molar-refractivity contribution >= 4 is 10.2 Å². The Morgan fingerprint density at radius 1 is 1.58 bits per heavy atom. The number of hydrogen-bond acceptors (Lipinski definition) is 4. The maximum absolute atomic E-state index is 11.3. The molecular formula is C5H9N3O3S. The van der Waals surface area contributed by atoms with E-state index < -0.39 is 16.1 Å². The topological polar surface area (TPSA) is 75.4 Å². The molecule has 7 heteroatoms. The van der Waals surface area contributed by atoms with Crippen molar-refractivity contribution in [3.63, 3.8) is 0 Å². The largest absolute Gasteiger partial charge is 0.493 e. The first-order valence-electron chi connectivity index (χ1n) is 3.12. The van der Waals surface area contributed by atoms with Crippen molar-refractivity contribution in [3.8, 4) is 5.88 Å². The van der Waals surface area contributed by atoms with Gasteiger partial charge in [-0.1, -0.05) is 0 Å². The van der Waals surface area contributed by atoms with Gasteiger partial charge in [0.05, 0.1) is 6.20 Å². The summed E-state index contributed by atoms with van der Waals surface area (Å²) in [5, 5.41) is 12.5. The lowest BCUT2D eigenvalue weighted by Crippen LogP contribution is -2.29. The molecule has 0 atom stereocenters. The van der Waals surface area contributed by atoms with E-state index in [9.17, 15) is 8.42 Å². The molecule has 6 nitrogen and oxygen atoms in total. The van der Waals surface area contributed by atoms with Crippen LogP contribution in [0.15, 0.2) is 12.3 Å². The summed E-state index contributed by atoms with van der Waals surface area (Å²) in [5.74, 6) is -0.399. The minimum absolute atomic E-state index is 0.399. The summed E-state index contributed by atoms with van der Waals surface area (Å²) in [6.07, 6.45) is 1.20. The second-order valence-corrected chi connectivity index (χ2v) is 4.29. The van der Waals surface area contributed by atoms with Crippen LogP contribution in [0.2, 0.25) is 0 Å². The molecular weight excluding hydrogens is 182 g/mol. The molecule has 12 heavy (non-hydrogen) atoms. The molecule has 0 aliphatic carbocycles. The highest BCUT2D eigenvalue weighted by Gasteiger charge is 2.19. The predicted octanol–water partition coefficient (Wildman–Crippen LogP) is -0.757. The van der Waals surface area contributed by atoms with Gasteiger partial charge in [-0.3, -0.25) is 0 Å². The molecule has 1 N–H and O–H groups in total. The SMILES string of the molecule is CN(C)S(=O)(=O)n1nccc1O. The monoisotopic (exact) mass is 191 g/mol. The van der Waals surface area contributed by atoms with Gasteiger partial charge in [-0.05, 0) is 0 Å². The Balaban J connectivity index is 3.24. The third-order valence-corrected chi connectivity index (χ3v) is 2.91. The Bertz CT molecular complexity index is 367. The molecule has 0 spiro atoms. The zero-order valence-corrected chi connectivity index (χ0v) is 7.48. The highest BCUT2D eigenvalue weighted by atomic mass is 32.2. The molecule has 1 aromatic heterocycles. The third-order valence-electron chi connectivity index (χ3n) is 1.27. The van der Waals surface area contributed by atoms with Crippen LogP contribution in [0.3, 0.4) is 0 Å². The average molecular weight is 191 g/mol. The van der Waals surface area contributed by atoms with Gasteiger partial charge in [-0.2, -0.15) is 17.8 Å². The standard InChI is InChI=1S/C5H9N3O3S/c1-7(2)12(10,11)8-5(9)3-4-6-8/h3-4,9H,1-2H3. The molecule has 0 aliphatic heterocycles. The van der Waals surface area contributed by atoms with Crippen molar-refractivity contribution in [2.45, 2.75) is 0 Å². The zero-order valence-electron chi connectivity index (χ0n) is 6.67. The number of rotatable bonds is 2. The van der Waals surface area contributed by atoms with Crippen molar-refractivity contribution in [3.05, 3.63) is 12.3 Å². The van der Waals surface area contributed by atoms with E-state index in [2.05, 4.69) is 5.10 Å². The zero-order chi connectivity index (χ0) is 9.35. The Kier molecular flexibility index (Phi) is 2.07. The molecule has 0 bridgehead atoms. The summed E-state index contributed by atoms with van der Waals surface area (Å²) >= 11 is 0. The summed E-state index contributed by atoms with van der Waals surface area (Å²) in [4.78, 5) is 0. The van der Waals surface area contributed by atoms with Gasteiger partial charge in [0.2, 0.25) is 5.88 Å². The van der Waals surface area contributed by atoms with E-state index >= 15 is 0 Å². The summed E-state index contributed by atoms with van der Waals surface area (Å²) < 4.78 is 24.1. The first-order valence-corrected chi connectivity index (χ1v) is 4.52. The van der Waals surface area contributed by atoms with Crippen molar-refractivity contribution in [1.29, 1.82) is 0 Å². The van der Waals surface area contributed by atoms with E-state index in [-0.39, 0.29) is 0 Å². The first-order chi connectivity index (χ1) is 5.46. The lowest BCUT2D eigenvalue weighted by molar-refractivity contribution is 0.426. The van der Waals surface area contributed by atoms with E-state index in [1.54, 1.807) is 0 Å². The summed E-state index contributed by atoms with van der Waals surface area (Å²) in [6, 6.07) is 1.20. The smallest absolute Gasteiger partial charge is 0.325 e. The van der Waals surface area contributed by atoms with Gasteiger partial charge in [0.1, 0.15) is 0 Å². The number of hydrogen-bond donors (Lipinski definition) is 1. The molecule has 0 unspecified atom stereocenters. The Hall–Kier alpha value is -1.08. The van der Waals surface area contributed by atoms with E-state index in [0.717, 1.165) is 4.31 Å². The van der Waals surface area contributed by atoms with Crippen LogP contribution in [-0.2, 0) is 10.2 Å². The second-order valence-electron chi connectivity index (χ2n) is 2.32. The normalized spacial score (nSPS) is 12.2. The van der Waals surface area contributed by atoms with Crippen molar-refractivity contribution in [2.24, 2.45) is 0 Å². The fraction of sp³-hybridized carbons (Fsp3) is 0.400. The lowest BCUT2D eigenvalue weighted by atomic mass is 10.7. The third kappa shape index (κ3) is 1.28. The van der Waals surface area contributed by atoms with Gasteiger partial charge in [0.25, 0.3) is 0 Å². The van der Waals surface area contributed by atoms with E-state index in [0.29, 0.717) is 4.09 Å². The number of nitrogens with zero attached hydrogens (tertiary/aromatic N) is 3. The summed E-state index contributed by atoms with van der Waals surface area (Å²) in [5.41, 5.74) is 0. The molecule has 0 saturated carbocycles. The van der Waals surface area contributed by atoms with Gasteiger partial charge in [0.15, 0.2) is 0 Å². The Morgan fingerprint density at radius 2 is 2.17 bits per heavy atom. The minimum atomic E-state index is -3.68. The molecule has 0 fully saturated rings. The van der Waals surface area contributed by atoms with Crippen LogP contribution in [-0.4, -0.2) is 41.1 Å². The van der Waals surface area contributed by atoms with Crippen LogP contribution in [0, 0.1) is 0 Å². The fourth-order valence-corrected chi connectivity index (χ4v) is 1.40. The van der Waals surface area contributed by atoms with Crippen molar-refractivity contribution in [2.75, 3.05) is 14.1 Å². The van der Waals surface area contributed by atoms with Crippen LogP contribution >= 0.6 is 0 Å². The van der Waals surface area contributed by atoms with Crippen LogP contribution in [0.1, 0.15) is 0 Å². The molecule has 0 aliphatic rings. The average Bonchev–Trinajstić information content (AvgIpc) is 2.35. The second kappa shape index (κ2) is 2.76. The lowest BCUT2D eigenvalue weighted by Gasteiger charge is -2.10.